The Labute approximate surface area is 167 Å². The first kappa shape index (κ1) is 17.5. The highest BCUT2D eigenvalue weighted by molar-refractivity contribution is 6.01. The lowest BCUT2D eigenvalue weighted by Crippen LogP contribution is -2.38. The van der Waals surface area contributed by atoms with Crippen molar-refractivity contribution in [3.8, 4) is 11.4 Å². The van der Waals surface area contributed by atoms with Gasteiger partial charge in [0.15, 0.2) is 11.5 Å². The van der Waals surface area contributed by atoms with Crippen molar-refractivity contribution in [2.45, 2.75) is 25.7 Å². The van der Waals surface area contributed by atoms with Gasteiger partial charge in [0.05, 0.1) is 5.69 Å². The zero-order chi connectivity index (χ0) is 19.8. The van der Waals surface area contributed by atoms with Crippen LogP contribution in [0.2, 0.25) is 0 Å². The molecule has 8 nitrogen and oxygen atoms in total. The third kappa shape index (κ3) is 3.16. The summed E-state index contributed by atoms with van der Waals surface area (Å²) in [6, 6.07) is 11.7. The van der Waals surface area contributed by atoms with Crippen molar-refractivity contribution in [2.75, 3.05) is 13.1 Å². The topological polar surface area (TPSA) is 92.1 Å². The molecule has 1 aliphatic rings. The smallest absolute Gasteiger partial charge is 0.259 e. The molecule has 0 saturated carbocycles. The molecule has 1 N–H and O–H groups in total. The monoisotopic (exact) mass is 387 g/mol. The summed E-state index contributed by atoms with van der Waals surface area (Å²) in [6.45, 7) is 3.21. The van der Waals surface area contributed by atoms with Crippen LogP contribution in [0.3, 0.4) is 0 Å². The zero-order valence-electron chi connectivity index (χ0n) is 16.1. The number of amides is 1. The van der Waals surface area contributed by atoms with Gasteiger partial charge < -0.3 is 4.90 Å². The predicted octanol–water partition coefficient (Wildman–Crippen LogP) is 2.84. The van der Waals surface area contributed by atoms with Crippen molar-refractivity contribution in [3.63, 3.8) is 0 Å². The van der Waals surface area contributed by atoms with Crippen molar-refractivity contribution < 1.29 is 4.79 Å². The SMILES string of the molecule is Cc1nn2cccnc2c1C(=O)N1CCC(c2nc(-c3ccccc3)n[nH]2)CC1. The molecule has 1 aromatic carbocycles. The minimum atomic E-state index is -0.00260. The summed E-state index contributed by atoms with van der Waals surface area (Å²) in [7, 11) is 0. The quantitative estimate of drug-likeness (QED) is 0.584. The predicted molar refractivity (Wildman–Crippen MR) is 107 cm³/mol. The average Bonchev–Trinajstić information content (AvgIpc) is 3.38. The fourth-order valence-electron chi connectivity index (χ4n) is 3.93. The van der Waals surface area contributed by atoms with E-state index >= 15 is 0 Å². The Kier molecular flexibility index (Phi) is 4.31. The molecule has 0 spiro atoms. The number of hydrogen-bond acceptors (Lipinski definition) is 5. The highest BCUT2D eigenvalue weighted by atomic mass is 16.2. The van der Waals surface area contributed by atoms with Crippen LogP contribution in [0.15, 0.2) is 48.8 Å². The second kappa shape index (κ2) is 7.12. The number of likely N-dealkylation sites (tertiary alicyclic amines) is 1. The van der Waals surface area contributed by atoms with Crippen LogP contribution in [0.4, 0.5) is 0 Å². The first-order chi connectivity index (χ1) is 14.2. The summed E-state index contributed by atoms with van der Waals surface area (Å²) >= 11 is 0. The van der Waals surface area contributed by atoms with Gasteiger partial charge in [0.2, 0.25) is 0 Å². The molecule has 29 heavy (non-hydrogen) atoms. The van der Waals surface area contributed by atoms with Gasteiger partial charge in [-0.3, -0.25) is 9.89 Å². The molecule has 4 heterocycles. The highest BCUT2D eigenvalue weighted by Gasteiger charge is 2.29. The van der Waals surface area contributed by atoms with Gasteiger partial charge in [-0.25, -0.2) is 14.5 Å². The van der Waals surface area contributed by atoms with Crippen molar-refractivity contribution in [2.24, 2.45) is 0 Å². The largest absolute Gasteiger partial charge is 0.338 e. The Bertz CT molecular complexity index is 1160. The summed E-state index contributed by atoms with van der Waals surface area (Å²) in [5, 5.41) is 11.9. The first-order valence-electron chi connectivity index (χ1n) is 9.77. The molecule has 3 aromatic heterocycles. The number of nitrogens with one attached hydrogen (secondary N) is 1. The highest BCUT2D eigenvalue weighted by Crippen LogP contribution is 2.28. The summed E-state index contributed by atoms with van der Waals surface area (Å²) < 4.78 is 1.66. The maximum absolute atomic E-state index is 13.1. The lowest BCUT2D eigenvalue weighted by molar-refractivity contribution is 0.0712. The number of fused-ring (bicyclic) bond motifs is 1. The molecule has 146 valence electrons. The Hall–Kier alpha value is -3.55. The Morgan fingerprint density at radius 2 is 1.93 bits per heavy atom. The van der Waals surface area contributed by atoms with Crippen LogP contribution in [0, 0.1) is 6.92 Å². The molecule has 0 bridgehead atoms. The number of piperidine rings is 1. The van der Waals surface area contributed by atoms with E-state index in [1.165, 1.54) is 0 Å². The van der Waals surface area contributed by atoms with Crippen LogP contribution < -0.4 is 0 Å². The molecule has 1 aliphatic heterocycles. The molecule has 1 fully saturated rings. The molecule has 0 radical (unpaired) electrons. The van der Waals surface area contributed by atoms with Gasteiger partial charge in [0.1, 0.15) is 11.4 Å². The normalized spacial score (nSPS) is 15.1. The lowest BCUT2D eigenvalue weighted by Gasteiger charge is -2.30. The van der Waals surface area contributed by atoms with Crippen LogP contribution in [-0.4, -0.2) is 53.7 Å². The lowest BCUT2D eigenvalue weighted by atomic mass is 9.95. The van der Waals surface area contributed by atoms with E-state index in [1.807, 2.05) is 48.4 Å². The molecular formula is C21H21N7O. The maximum atomic E-state index is 13.1. The van der Waals surface area contributed by atoms with Crippen molar-refractivity contribution in [1.82, 2.24) is 34.7 Å². The minimum Gasteiger partial charge on any atom is -0.338 e. The van der Waals surface area contributed by atoms with E-state index in [0.29, 0.717) is 35.8 Å². The number of nitrogens with zero attached hydrogens (tertiary/aromatic N) is 6. The Morgan fingerprint density at radius 3 is 2.72 bits per heavy atom. The number of benzene rings is 1. The van der Waals surface area contributed by atoms with Gasteiger partial charge in [-0.15, -0.1) is 0 Å². The van der Waals surface area contributed by atoms with Crippen molar-refractivity contribution in [3.05, 3.63) is 65.9 Å². The van der Waals surface area contributed by atoms with Crippen LogP contribution in [0.25, 0.3) is 17.0 Å². The Morgan fingerprint density at radius 1 is 1.14 bits per heavy atom. The van der Waals surface area contributed by atoms with Crippen LogP contribution in [-0.2, 0) is 0 Å². The van der Waals surface area contributed by atoms with Crippen LogP contribution >= 0.6 is 0 Å². The third-order valence-electron chi connectivity index (χ3n) is 5.49. The van der Waals surface area contributed by atoms with E-state index in [4.69, 9.17) is 0 Å². The number of carbonyl (C=O) groups excluding carboxylic acids is 1. The van der Waals surface area contributed by atoms with Gasteiger partial charge in [0, 0.05) is 37.0 Å². The average molecular weight is 387 g/mol. The van der Waals surface area contributed by atoms with Crippen LogP contribution in [0.1, 0.15) is 40.6 Å². The second-order valence-corrected chi connectivity index (χ2v) is 7.33. The number of hydrogen-bond donors (Lipinski definition) is 1. The van der Waals surface area contributed by atoms with Gasteiger partial charge in [-0.05, 0) is 25.8 Å². The number of aromatic amines is 1. The van der Waals surface area contributed by atoms with E-state index in [2.05, 4.69) is 25.3 Å². The van der Waals surface area contributed by atoms with E-state index in [1.54, 1.807) is 16.8 Å². The van der Waals surface area contributed by atoms with E-state index < -0.39 is 0 Å². The van der Waals surface area contributed by atoms with Gasteiger partial charge >= 0.3 is 0 Å². The fourth-order valence-corrected chi connectivity index (χ4v) is 3.93. The van der Waals surface area contributed by atoms with Gasteiger partial charge in [0.25, 0.3) is 5.91 Å². The van der Waals surface area contributed by atoms with Crippen molar-refractivity contribution in [1.29, 1.82) is 0 Å². The van der Waals surface area contributed by atoms with Gasteiger partial charge in [-0.1, -0.05) is 30.3 Å². The minimum absolute atomic E-state index is 0.00260. The summed E-state index contributed by atoms with van der Waals surface area (Å²) in [5.74, 6) is 1.88. The molecule has 0 unspecified atom stereocenters. The number of rotatable bonds is 3. The zero-order valence-corrected chi connectivity index (χ0v) is 16.1. The second-order valence-electron chi connectivity index (χ2n) is 7.33. The molecule has 1 saturated heterocycles. The first-order valence-corrected chi connectivity index (χ1v) is 9.77. The molecule has 0 atom stereocenters. The molecule has 8 heteroatoms. The summed E-state index contributed by atoms with van der Waals surface area (Å²) in [4.78, 5) is 24.0. The molecule has 4 aromatic rings. The molecule has 5 rings (SSSR count). The molecular weight excluding hydrogens is 366 g/mol. The number of aromatic nitrogens is 6. The number of carbonyl (C=O) groups is 1. The molecule has 0 aliphatic carbocycles. The third-order valence-corrected chi connectivity index (χ3v) is 5.49. The molecule has 1 amide bonds. The Balaban J connectivity index is 1.30. The van der Waals surface area contributed by atoms with Crippen LogP contribution in [0.5, 0.6) is 0 Å². The van der Waals surface area contributed by atoms with E-state index in [0.717, 1.165) is 24.2 Å². The fraction of sp³-hybridized carbons (Fsp3) is 0.286. The van der Waals surface area contributed by atoms with E-state index in [9.17, 15) is 4.79 Å². The number of aryl methyl sites for hydroxylation is 1. The van der Waals surface area contributed by atoms with Crippen molar-refractivity contribution >= 4 is 11.6 Å². The number of H-pyrrole nitrogens is 1. The maximum Gasteiger partial charge on any atom is 0.259 e. The van der Waals surface area contributed by atoms with E-state index in [-0.39, 0.29) is 11.8 Å². The summed E-state index contributed by atoms with van der Waals surface area (Å²) in [5.41, 5.74) is 2.91. The standard InChI is InChI=1S/C21H21N7O/c1-14-17(20-22-10-5-11-28(20)26-14)21(29)27-12-8-16(9-13-27)19-23-18(24-25-19)15-6-3-2-4-7-15/h2-7,10-11,16H,8-9,12-13H2,1H3,(H,23,24,25). The summed E-state index contributed by atoms with van der Waals surface area (Å²) in [6.07, 6.45) is 5.20. The van der Waals surface area contributed by atoms with Gasteiger partial charge in [-0.2, -0.15) is 10.2 Å².